The van der Waals surface area contributed by atoms with E-state index in [-0.39, 0.29) is 0 Å². The Hall–Kier alpha value is -2.81. The number of nitrogens with zero attached hydrogens (tertiary/aromatic N) is 2. The highest BCUT2D eigenvalue weighted by molar-refractivity contribution is 5.82. The van der Waals surface area contributed by atoms with Crippen molar-refractivity contribution >= 4 is 11.1 Å². The van der Waals surface area contributed by atoms with Crippen LogP contribution in [0.5, 0.6) is 0 Å². The monoisotopic (exact) mass is 288 g/mol. The van der Waals surface area contributed by atoms with Crippen LogP contribution in [0.3, 0.4) is 0 Å². The molecule has 3 nitrogen and oxygen atoms in total. The van der Waals surface area contributed by atoms with Crippen LogP contribution in [0, 0.1) is 13.8 Å². The number of benzene rings is 2. The lowest BCUT2D eigenvalue weighted by Gasteiger charge is -2.03. The lowest BCUT2D eigenvalue weighted by atomic mass is 10.1. The van der Waals surface area contributed by atoms with Crippen molar-refractivity contribution in [3.05, 3.63) is 72.1 Å². The molecule has 0 bridgehead atoms. The molecule has 0 amide bonds. The molecular weight excluding hydrogens is 272 g/mol. The lowest BCUT2D eigenvalue weighted by molar-refractivity contribution is 0.617. The Kier molecular flexibility index (Phi) is 2.86. The SMILES string of the molecule is Cc1ccccc1-c1nc2cc(-n3cccc3)cc(C)c2o1. The second-order valence-electron chi connectivity index (χ2n) is 5.54. The second kappa shape index (κ2) is 4.88. The average molecular weight is 288 g/mol. The summed E-state index contributed by atoms with van der Waals surface area (Å²) >= 11 is 0. The molecule has 0 aliphatic carbocycles. The van der Waals surface area contributed by atoms with Crippen molar-refractivity contribution in [1.82, 2.24) is 9.55 Å². The molecule has 0 saturated carbocycles. The number of hydrogen-bond donors (Lipinski definition) is 0. The second-order valence-corrected chi connectivity index (χ2v) is 5.54. The minimum atomic E-state index is 0.681. The van der Waals surface area contributed by atoms with Gasteiger partial charge in [-0.3, -0.25) is 0 Å². The molecule has 4 rings (SSSR count). The molecular formula is C19H16N2O. The highest BCUT2D eigenvalue weighted by Gasteiger charge is 2.13. The Morgan fingerprint density at radius 2 is 1.68 bits per heavy atom. The molecule has 0 N–H and O–H groups in total. The lowest BCUT2D eigenvalue weighted by Crippen LogP contribution is -1.90. The summed E-state index contributed by atoms with van der Waals surface area (Å²) in [5.41, 5.74) is 6.14. The van der Waals surface area contributed by atoms with Gasteiger partial charge >= 0.3 is 0 Å². The smallest absolute Gasteiger partial charge is 0.227 e. The van der Waals surface area contributed by atoms with Gasteiger partial charge in [0.25, 0.3) is 0 Å². The van der Waals surface area contributed by atoms with Gasteiger partial charge in [-0.2, -0.15) is 0 Å². The Bertz CT molecular complexity index is 949. The molecule has 2 aromatic heterocycles. The highest BCUT2D eigenvalue weighted by atomic mass is 16.3. The van der Waals surface area contributed by atoms with Crippen LogP contribution in [0.1, 0.15) is 11.1 Å². The van der Waals surface area contributed by atoms with Crippen LogP contribution in [0.25, 0.3) is 28.2 Å². The van der Waals surface area contributed by atoms with Crippen LogP contribution >= 0.6 is 0 Å². The summed E-state index contributed by atoms with van der Waals surface area (Å²) < 4.78 is 8.10. The van der Waals surface area contributed by atoms with Gasteiger partial charge in [0.2, 0.25) is 5.89 Å². The zero-order valence-electron chi connectivity index (χ0n) is 12.6. The van der Waals surface area contributed by atoms with Gasteiger partial charge in [0.15, 0.2) is 5.58 Å². The summed E-state index contributed by atoms with van der Waals surface area (Å²) in [6, 6.07) is 16.4. The third kappa shape index (κ3) is 2.02. The fraction of sp³-hybridized carbons (Fsp3) is 0.105. The van der Waals surface area contributed by atoms with Crippen molar-refractivity contribution in [1.29, 1.82) is 0 Å². The molecule has 0 unspecified atom stereocenters. The number of aromatic nitrogens is 2. The van der Waals surface area contributed by atoms with Crippen molar-refractivity contribution in [3.8, 4) is 17.1 Å². The van der Waals surface area contributed by atoms with Crippen molar-refractivity contribution in [2.75, 3.05) is 0 Å². The number of fused-ring (bicyclic) bond motifs is 1. The minimum absolute atomic E-state index is 0.681. The molecule has 3 heteroatoms. The fourth-order valence-electron chi connectivity index (χ4n) is 2.77. The van der Waals surface area contributed by atoms with Crippen LogP contribution in [0.4, 0.5) is 0 Å². The largest absolute Gasteiger partial charge is 0.436 e. The summed E-state index contributed by atoms with van der Waals surface area (Å²) in [6.07, 6.45) is 4.06. The molecule has 0 saturated heterocycles. The third-order valence-corrected chi connectivity index (χ3v) is 3.94. The van der Waals surface area contributed by atoms with E-state index in [1.807, 2.05) is 42.7 Å². The third-order valence-electron chi connectivity index (χ3n) is 3.94. The van der Waals surface area contributed by atoms with Gasteiger partial charge in [-0.1, -0.05) is 18.2 Å². The van der Waals surface area contributed by atoms with Crippen LogP contribution in [-0.2, 0) is 0 Å². The summed E-state index contributed by atoms with van der Waals surface area (Å²) in [5.74, 6) is 0.681. The Balaban J connectivity index is 1.91. The molecule has 2 aromatic carbocycles. The molecule has 0 atom stereocenters. The molecule has 2 heterocycles. The standard InChI is InChI=1S/C19H16N2O/c1-13-7-3-4-8-16(13)19-20-17-12-15(21-9-5-6-10-21)11-14(2)18(17)22-19/h3-12H,1-2H3. The van der Waals surface area contributed by atoms with Crippen molar-refractivity contribution in [3.63, 3.8) is 0 Å². The first kappa shape index (κ1) is 12.9. The zero-order valence-corrected chi connectivity index (χ0v) is 12.6. The van der Waals surface area contributed by atoms with E-state index in [9.17, 15) is 0 Å². The van der Waals surface area contributed by atoms with E-state index in [1.165, 1.54) is 0 Å². The van der Waals surface area contributed by atoms with Gasteiger partial charge < -0.3 is 8.98 Å². The maximum absolute atomic E-state index is 6.02. The van der Waals surface area contributed by atoms with Crippen LogP contribution in [0.2, 0.25) is 0 Å². The molecule has 4 aromatic rings. The van der Waals surface area contributed by atoms with E-state index in [0.29, 0.717) is 5.89 Å². The van der Waals surface area contributed by atoms with Gasteiger partial charge in [0.05, 0.1) is 0 Å². The molecule has 0 spiro atoms. The number of oxazole rings is 1. The van der Waals surface area contributed by atoms with Crippen LogP contribution in [0.15, 0.2) is 65.3 Å². The Morgan fingerprint density at radius 1 is 0.909 bits per heavy atom. The first-order chi connectivity index (χ1) is 10.7. The van der Waals surface area contributed by atoms with Crippen molar-refractivity contribution in [2.24, 2.45) is 0 Å². The molecule has 0 fully saturated rings. The maximum atomic E-state index is 6.02. The molecule has 0 aliphatic heterocycles. The molecule has 108 valence electrons. The van der Waals surface area contributed by atoms with Gasteiger partial charge in [0.1, 0.15) is 5.52 Å². The first-order valence-electron chi connectivity index (χ1n) is 7.33. The average Bonchev–Trinajstić information content (AvgIpc) is 3.17. The van der Waals surface area contributed by atoms with Crippen molar-refractivity contribution < 1.29 is 4.42 Å². The van der Waals surface area contributed by atoms with E-state index < -0.39 is 0 Å². The summed E-state index contributed by atoms with van der Waals surface area (Å²) in [6.45, 7) is 4.13. The topological polar surface area (TPSA) is 31.0 Å². The van der Waals surface area contributed by atoms with E-state index in [1.54, 1.807) is 0 Å². The normalized spacial score (nSPS) is 11.2. The van der Waals surface area contributed by atoms with Gasteiger partial charge in [0, 0.05) is 23.6 Å². The quantitative estimate of drug-likeness (QED) is 0.525. The maximum Gasteiger partial charge on any atom is 0.227 e. The van der Waals surface area contributed by atoms with E-state index in [0.717, 1.165) is 33.5 Å². The molecule has 0 radical (unpaired) electrons. The first-order valence-corrected chi connectivity index (χ1v) is 7.33. The summed E-state index contributed by atoms with van der Waals surface area (Å²) in [7, 11) is 0. The van der Waals surface area contributed by atoms with E-state index in [4.69, 9.17) is 9.40 Å². The minimum Gasteiger partial charge on any atom is -0.436 e. The Morgan fingerprint density at radius 3 is 2.45 bits per heavy atom. The van der Waals surface area contributed by atoms with E-state index >= 15 is 0 Å². The van der Waals surface area contributed by atoms with Crippen LogP contribution in [-0.4, -0.2) is 9.55 Å². The highest BCUT2D eigenvalue weighted by Crippen LogP contribution is 2.30. The van der Waals surface area contributed by atoms with Gasteiger partial charge in [-0.15, -0.1) is 0 Å². The summed E-state index contributed by atoms with van der Waals surface area (Å²) in [4.78, 5) is 4.70. The van der Waals surface area contributed by atoms with Crippen LogP contribution < -0.4 is 0 Å². The fourth-order valence-corrected chi connectivity index (χ4v) is 2.77. The molecule has 22 heavy (non-hydrogen) atoms. The van der Waals surface area contributed by atoms with Crippen molar-refractivity contribution in [2.45, 2.75) is 13.8 Å². The summed E-state index contributed by atoms with van der Waals surface area (Å²) in [5, 5.41) is 0. The van der Waals surface area contributed by atoms with Gasteiger partial charge in [-0.05, 0) is 55.3 Å². The number of hydrogen-bond acceptors (Lipinski definition) is 2. The Labute approximate surface area is 128 Å². The molecule has 0 aliphatic rings. The zero-order chi connectivity index (χ0) is 15.1. The van der Waals surface area contributed by atoms with Gasteiger partial charge in [-0.25, -0.2) is 4.98 Å². The predicted octanol–water partition coefficient (Wildman–Crippen LogP) is 4.90. The number of rotatable bonds is 2. The predicted molar refractivity (Wildman–Crippen MR) is 88.2 cm³/mol. The van der Waals surface area contributed by atoms with E-state index in [2.05, 4.69) is 36.6 Å². The number of aryl methyl sites for hydroxylation is 2.